The van der Waals surface area contributed by atoms with E-state index < -0.39 is 0 Å². The lowest BCUT2D eigenvalue weighted by Gasteiger charge is -2.09. The first kappa shape index (κ1) is 14.6. The number of rotatable bonds is 5. The number of nitrogens with zero attached hydrogens (tertiary/aromatic N) is 3. The summed E-state index contributed by atoms with van der Waals surface area (Å²) in [7, 11) is 0. The third-order valence-electron chi connectivity index (χ3n) is 3.15. The maximum Gasteiger partial charge on any atom is 0.229 e. The van der Waals surface area contributed by atoms with Gasteiger partial charge in [0.05, 0.1) is 24.4 Å². The van der Waals surface area contributed by atoms with Crippen LogP contribution in [0.15, 0.2) is 53.1 Å². The fraction of sp³-hybridized carbons (Fsp3) is 0.118. The maximum atomic E-state index is 8.82. The van der Waals surface area contributed by atoms with Crippen LogP contribution in [0.25, 0.3) is 0 Å². The Bertz CT molecular complexity index is 819. The number of hydrogen-bond donors (Lipinski definition) is 2. The van der Waals surface area contributed by atoms with Crippen LogP contribution < -0.4 is 10.6 Å². The van der Waals surface area contributed by atoms with Crippen LogP contribution in [0.2, 0.25) is 0 Å². The molecule has 0 saturated carbocycles. The van der Waals surface area contributed by atoms with E-state index in [1.165, 1.54) is 0 Å². The van der Waals surface area contributed by atoms with Crippen molar-refractivity contribution in [2.75, 3.05) is 10.6 Å². The van der Waals surface area contributed by atoms with Crippen molar-refractivity contribution in [1.29, 1.82) is 5.26 Å². The van der Waals surface area contributed by atoms with Crippen LogP contribution in [-0.4, -0.2) is 9.97 Å². The van der Waals surface area contributed by atoms with Gasteiger partial charge in [-0.2, -0.15) is 10.2 Å². The SMILES string of the molecule is Cc1cc(NCc2ccco2)nc(Nc2ccc(C#N)cc2)n1. The van der Waals surface area contributed by atoms with Crippen LogP contribution in [0.1, 0.15) is 17.0 Å². The normalized spacial score (nSPS) is 10.1. The second-order valence-electron chi connectivity index (χ2n) is 4.97. The summed E-state index contributed by atoms with van der Waals surface area (Å²) in [5.74, 6) is 2.05. The molecule has 2 heterocycles. The molecule has 0 aliphatic heterocycles. The Balaban J connectivity index is 1.72. The number of nitrogens with one attached hydrogen (secondary N) is 2. The summed E-state index contributed by atoms with van der Waals surface area (Å²) in [5, 5.41) is 15.2. The molecule has 114 valence electrons. The third kappa shape index (κ3) is 3.86. The topological polar surface area (TPSA) is 86.8 Å². The molecule has 2 N–H and O–H groups in total. The molecule has 0 bridgehead atoms. The van der Waals surface area contributed by atoms with Gasteiger partial charge < -0.3 is 15.1 Å². The average molecular weight is 305 g/mol. The van der Waals surface area contributed by atoms with Crippen molar-refractivity contribution in [3.63, 3.8) is 0 Å². The summed E-state index contributed by atoms with van der Waals surface area (Å²) in [6, 6.07) is 14.8. The van der Waals surface area contributed by atoms with E-state index in [1.807, 2.05) is 37.3 Å². The third-order valence-corrected chi connectivity index (χ3v) is 3.15. The summed E-state index contributed by atoms with van der Waals surface area (Å²) in [5.41, 5.74) is 2.28. The molecule has 2 aromatic heterocycles. The predicted molar refractivity (Wildman–Crippen MR) is 87.2 cm³/mol. The van der Waals surface area contributed by atoms with Gasteiger partial charge in [0, 0.05) is 17.4 Å². The molecule has 1 aromatic carbocycles. The molecule has 6 heteroatoms. The Labute approximate surface area is 133 Å². The lowest BCUT2D eigenvalue weighted by Crippen LogP contribution is -2.05. The molecule has 0 amide bonds. The molecule has 0 atom stereocenters. The molecular formula is C17H15N5O. The van der Waals surface area contributed by atoms with E-state index in [0.717, 1.165) is 17.1 Å². The van der Waals surface area contributed by atoms with Gasteiger partial charge in [0.1, 0.15) is 11.6 Å². The molecule has 23 heavy (non-hydrogen) atoms. The maximum absolute atomic E-state index is 8.82. The minimum Gasteiger partial charge on any atom is -0.467 e. The molecule has 0 aliphatic rings. The lowest BCUT2D eigenvalue weighted by molar-refractivity contribution is 0.518. The van der Waals surface area contributed by atoms with E-state index in [-0.39, 0.29) is 0 Å². The monoisotopic (exact) mass is 305 g/mol. The van der Waals surface area contributed by atoms with Crippen LogP contribution in [0.4, 0.5) is 17.5 Å². The average Bonchev–Trinajstić information content (AvgIpc) is 3.07. The zero-order chi connectivity index (χ0) is 16.1. The smallest absolute Gasteiger partial charge is 0.229 e. The van der Waals surface area contributed by atoms with Crippen LogP contribution in [0.5, 0.6) is 0 Å². The van der Waals surface area contributed by atoms with E-state index >= 15 is 0 Å². The van der Waals surface area contributed by atoms with Crippen LogP contribution in [0.3, 0.4) is 0 Å². The number of furan rings is 1. The second-order valence-corrected chi connectivity index (χ2v) is 4.97. The van der Waals surface area contributed by atoms with Crippen molar-refractivity contribution in [3.8, 4) is 6.07 Å². The summed E-state index contributed by atoms with van der Waals surface area (Å²) in [6.45, 7) is 2.46. The number of nitriles is 1. The summed E-state index contributed by atoms with van der Waals surface area (Å²) >= 11 is 0. The molecule has 0 unspecified atom stereocenters. The number of hydrogen-bond acceptors (Lipinski definition) is 6. The first-order valence-corrected chi connectivity index (χ1v) is 7.12. The van der Waals surface area contributed by atoms with Gasteiger partial charge in [-0.1, -0.05) is 0 Å². The molecule has 0 radical (unpaired) electrons. The zero-order valence-electron chi connectivity index (χ0n) is 12.6. The molecule has 0 fully saturated rings. The summed E-state index contributed by atoms with van der Waals surface area (Å²) < 4.78 is 5.29. The quantitative estimate of drug-likeness (QED) is 0.749. The van der Waals surface area contributed by atoms with Gasteiger partial charge in [-0.3, -0.25) is 0 Å². The van der Waals surface area contributed by atoms with E-state index in [0.29, 0.717) is 23.9 Å². The minimum atomic E-state index is 0.497. The molecule has 6 nitrogen and oxygen atoms in total. The Morgan fingerprint density at radius 2 is 2.00 bits per heavy atom. The van der Waals surface area contributed by atoms with Gasteiger partial charge in [0.15, 0.2) is 0 Å². The number of aromatic nitrogens is 2. The highest BCUT2D eigenvalue weighted by Crippen LogP contribution is 2.17. The van der Waals surface area contributed by atoms with Crippen molar-refractivity contribution in [1.82, 2.24) is 9.97 Å². The van der Waals surface area contributed by atoms with Gasteiger partial charge in [-0.25, -0.2) is 4.98 Å². The summed E-state index contributed by atoms with van der Waals surface area (Å²) in [6.07, 6.45) is 1.64. The van der Waals surface area contributed by atoms with Gasteiger partial charge in [0.2, 0.25) is 5.95 Å². The van der Waals surface area contributed by atoms with Crippen molar-refractivity contribution in [2.24, 2.45) is 0 Å². The van der Waals surface area contributed by atoms with E-state index in [9.17, 15) is 0 Å². The van der Waals surface area contributed by atoms with E-state index in [4.69, 9.17) is 9.68 Å². The van der Waals surface area contributed by atoms with Gasteiger partial charge in [0.25, 0.3) is 0 Å². The number of anilines is 3. The fourth-order valence-corrected chi connectivity index (χ4v) is 2.06. The van der Waals surface area contributed by atoms with Crippen LogP contribution >= 0.6 is 0 Å². The molecule has 0 aliphatic carbocycles. The van der Waals surface area contributed by atoms with Crippen LogP contribution in [-0.2, 0) is 6.54 Å². The van der Waals surface area contributed by atoms with E-state index in [2.05, 4.69) is 26.7 Å². The highest BCUT2D eigenvalue weighted by Gasteiger charge is 2.04. The lowest BCUT2D eigenvalue weighted by atomic mass is 10.2. The summed E-state index contributed by atoms with van der Waals surface area (Å²) in [4.78, 5) is 8.80. The van der Waals surface area contributed by atoms with Crippen molar-refractivity contribution in [3.05, 3.63) is 65.7 Å². The van der Waals surface area contributed by atoms with Gasteiger partial charge in [-0.05, 0) is 43.3 Å². The first-order valence-electron chi connectivity index (χ1n) is 7.12. The fourth-order valence-electron chi connectivity index (χ4n) is 2.06. The van der Waals surface area contributed by atoms with Gasteiger partial charge >= 0.3 is 0 Å². The Morgan fingerprint density at radius 1 is 1.17 bits per heavy atom. The molecular weight excluding hydrogens is 290 g/mol. The standard InChI is InChI=1S/C17H15N5O/c1-12-9-16(19-11-15-3-2-8-23-15)22-17(20-12)21-14-6-4-13(10-18)5-7-14/h2-9H,11H2,1H3,(H2,19,20,21,22). The van der Waals surface area contributed by atoms with Crippen LogP contribution in [0, 0.1) is 18.3 Å². The molecule has 3 rings (SSSR count). The highest BCUT2D eigenvalue weighted by atomic mass is 16.3. The Morgan fingerprint density at radius 3 is 2.70 bits per heavy atom. The highest BCUT2D eigenvalue weighted by molar-refractivity contribution is 5.56. The molecule has 3 aromatic rings. The van der Waals surface area contributed by atoms with Crippen molar-refractivity contribution >= 4 is 17.5 Å². The van der Waals surface area contributed by atoms with E-state index in [1.54, 1.807) is 18.4 Å². The Kier molecular flexibility index (Phi) is 4.20. The van der Waals surface area contributed by atoms with Crippen molar-refractivity contribution < 1.29 is 4.42 Å². The molecule has 0 saturated heterocycles. The zero-order valence-corrected chi connectivity index (χ0v) is 12.6. The van der Waals surface area contributed by atoms with Crippen molar-refractivity contribution in [2.45, 2.75) is 13.5 Å². The minimum absolute atomic E-state index is 0.497. The Hall–Kier alpha value is -3.33. The first-order chi connectivity index (χ1) is 11.2. The molecule has 0 spiro atoms. The largest absolute Gasteiger partial charge is 0.467 e. The number of aryl methyl sites for hydroxylation is 1. The number of benzene rings is 1. The van der Waals surface area contributed by atoms with Gasteiger partial charge in [-0.15, -0.1) is 0 Å². The second kappa shape index (κ2) is 6.62. The predicted octanol–water partition coefficient (Wildman–Crippen LogP) is 3.61.